The van der Waals surface area contributed by atoms with Crippen molar-refractivity contribution >= 4 is 0 Å². The van der Waals surface area contributed by atoms with Crippen LogP contribution < -0.4 is 0 Å². The second-order valence-corrected chi connectivity index (χ2v) is 5.42. The third kappa shape index (κ3) is 8.16. The van der Waals surface area contributed by atoms with Crippen molar-refractivity contribution in [3.05, 3.63) is 60.7 Å². The second-order valence-electron chi connectivity index (χ2n) is 5.42. The molecule has 2 aromatic heterocycles. The summed E-state index contributed by atoms with van der Waals surface area (Å²) >= 11 is 0. The summed E-state index contributed by atoms with van der Waals surface area (Å²) < 4.78 is 5.53. The molecule has 0 saturated carbocycles. The summed E-state index contributed by atoms with van der Waals surface area (Å²) in [4.78, 5) is 14.2. The second kappa shape index (κ2) is 11.4. The van der Waals surface area contributed by atoms with Crippen molar-refractivity contribution in [2.45, 2.75) is 38.5 Å². The van der Waals surface area contributed by atoms with Gasteiger partial charge in [0.05, 0.1) is 25.9 Å². The monoisotopic (exact) mass is 314 g/mol. The molecule has 2 aromatic rings. The number of ether oxygens (including phenoxy) is 1. The van der Waals surface area contributed by atoms with Crippen LogP contribution in [0.5, 0.6) is 0 Å². The largest absolute Gasteiger partial charge is 0.373 e. The molecule has 0 fully saturated rings. The first-order valence-electron chi connectivity index (χ1n) is 8.27. The molecule has 0 bridgehead atoms. The highest BCUT2D eigenvalue weighted by atomic mass is 16.5. The predicted molar refractivity (Wildman–Crippen MR) is 92.2 cm³/mol. The van der Waals surface area contributed by atoms with E-state index in [1.165, 1.54) is 11.4 Å². The van der Waals surface area contributed by atoms with Crippen molar-refractivity contribution in [3.8, 4) is 0 Å². The zero-order valence-corrected chi connectivity index (χ0v) is 13.6. The fourth-order valence-corrected chi connectivity index (χ4v) is 2.24. The fourth-order valence-electron chi connectivity index (χ4n) is 2.24. The van der Waals surface area contributed by atoms with Crippen LogP contribution in [0.15, 0.2) is 49.4 Å². The van der Waals surface area contributed by atoms with E-state index in [0.717, 1.165) is 38.5 Å². The van der Waals surface area contributed by atoms with Gasteiger partial charge < -0.3 is 14.7 Å². The van der Waals surface area contributed by atoms with Crippen LogP contribution in [0.1, 0.15) is 37.1 Å². The molecule has 0 atom stereocenters. The number of hydrogen-bond acceptors (Lipinski definition) is 3. The molecular weight excluding hydrogens is 288 g/mol. The molecule has 0 aromatic carbocycles. The Morgan fingerprint density at radius 2 is 1.30 bits per heavy atom. The van der Waals surface area contributed by atoms with E-state index < -0.39 is 0 Å². The summed E-state index contributed by atoms with van der Waals surface area (Å²) in [7, 11) is 0. The van der Waals surface area contributed by atoms with Gasteiger partial charge in [-0.25, -0.2) is 9.97 Å². The van der Waals surface area contributed by atoms with Crippen LogP contribution in [0.4, 0.5) is 0 Å². The van der Waals surface area contributed by atoms with E-state index in [1.807, 2.05) is 12.4 Å². The Hall–Kier alpha value is -2.14. The Kier molecular flexibility index (Phi) is 8.56. The van der Waals surface area contributed by atoms with Crippen molar-refractivity contribution in [1.29, 1.82) is 0 Å². The number of imidazole rings is 2. The van der Waals surface area contributed by atoms with Crippen LogP contribution in [0.25, 0.3) is 0 Å². The number of allylic oxidation sites excluding steroid dienone is 2. The molecule has 2 N–H and O–H groups in total. The van der Waals surface area contributed by atoms with Crippen molar-refractivity contribution < 1.29 is 4.74 Å². The molecule has 0 radical (unpaired) electrons. The molecule has 23 heavy (non-hydrogen) atoms. The smallest absolute Gasteiger partial charge is 0.0921 e. The summed E-state index contributed by atoms with van der Waals surface area (Å²) in [5.41, 5.74) is 2.40. The highest BCUT2D eigenvalue weighted by Gasteiger charge is 1.92. The number of rotatable bonds is 12. The van der Waals surface area contributed by atoms with Gasteiger partial charge in [-0.1, -0.05) is 24.3 Å². The Balaban J connectivity index is 1.37. The summed E-state index contributed by atoms with van der Waals surface area (Å²) in [6, 6.07) is 0. The van der Waals surface area contributed by atoms with E-state index >= 15 is 0 Å². The number of unbranched alkanes of at least 4 members (excludes halogenated alkanes) is 2. The lowest BCUT2D eigenvalue weighted by molar-refractivity contribution is 0.193. The Labute approximate surface area is 137 Å². The van der Waals surface area contributed by atoms with Crippen LogP contribution in [0.2, 0.25) is 0 Å². The highest BCUT2D eigenvalue weighted by Crippen LogP contribution is 2.02. The predicted octanol–water partition coefficient (Wildman–Crippen LogP) is 3.61. The minimum atomic E-state index is 0.683. The molecule has 0 spiro atoms. The van der Waals surface area contributed by atoms with Gasteiger partial charge in [0.25, 0.3) is 0 Å². The molecular formula is C18H26N4O. The standard InChI is InChI=1S/C18H26N4O/c1(5-9-17-13-19-15-21-17)3-7-11-23-12-8-4-2-6-10-18-14-20-16-22-18/h3-4,7-8,13-16H,1-2,5-6,9-12H2,(H,19,21)(H,20,22). The van der Waals surface area contributed by atoms with Gasteiger partial charge in [0.15, 0.2) is 0 Å². The van der Waals surface area contributed by atoms with E-state index in [4.69, 9.17) is 4.74 Å². The maximum atomic E-state index is 5.53. The Bertz CT molecular complexity index is 493. The first-order valence-corrected chi connectivity index (χ1v) is 8.27. The molecule has 0 unspecified atom stereocenters. The van der Waals surface area contributed by atoms with E-state index in [0.29, 0.717) is 13.2 Å². The molecule has 0 aliphatic carbocycles. The zero-order valence-electron chi connectivity index (χ0n) is 13.6. The van der Waals surface area contributed by atoms with Gasteiger partial charge in [0, 0.05) is 23.8 Å². The van der Waals surface area contributed by atoms with Gasteiger partial charge >= 0.3 is 0 Å². The summed E-state index contributed by atoms with van der Waals surface area (Å²) in [6.07, 6.45) is 22.3. The molecule has 0 aliphatic heterocycles. The van der Waals surface area contributed by atoms with Gasteiger partial charge in [-0.2, -0.15) is 0 Å². The van der Waals surface area contributed by atoms with Crippen LogP contribution in [0, 0.1) is 0 Å². The van der Waals surface area contributed by atoms with E-state index in [1.54, 1.807) is 12.7 Å². The lowest BCUT2D eigenvalue weighted by Crippen LogP contribution is -1.91. The molecule has 2 heterocycles. The third-order valence-electron chi connectivity index (χ3n) is 3.51. The summed E-state index contributed by atoms with van der Waals surface area (Å²) in [5, 5.41) is 0. The van der Waals surface area contributed by atoms with Gasteiger partial charge in [-0.05, 0) is 38.5 Å². The van der Waals surface area contributed by atoms with Crippen LogP contribution in [-0.4, -0.2) is 33.1 Å². The van der Waals surface area contributed by atoms with Gasteiger partial charge in [0.2, 0.25) is 0 Å². The molecule has 124 valence electrons. The molecule has 0 saturated heterocycles. The zero-order chi connectivity index (χ0) is 16.0. The van der Waals surface area contributed by atoms with Crippen LogP contribution in [-0.2, 0) is 17.6 Å². The molecule has 0 aliphatic rings. The molecule has 5 nitrogen and oxygen atoms in total. The quantitative estimate of drug-likeness (QED) is 0.464. The van der Waals surface area contributed by atoms with Crippen molar-refractivity contribution in [1.82, 2.24) is 19.9 Å². The topological polar surface area (TPSA) is 66.6 Å². The van der Waals surface area contributed by atoms with Crippen molar-refractivity contribution in [2.75, 3.05) is 13.2 Å². The summed E-state index contributed by atoms with van der Waals surface area (Å²) in [5.74, 6) is 0. The normalized spacial score (nSPS) is 11.8. The maximum absolute atomic E-state index is 5.53. The van der Waals surface area contributed by atoms with Crippen LogP contribution >= 0.6 is 0 Å². The Morgan fingerprint density at radius 3 is 1.74 bits per heavy atom. The first kappa shape index (κ1) is 17.2. The molecule has 0 amide bonds. The fraction of sp³-hybridized carbons (Fsp3) is 0.444. The number of hydrogen-bond donors (Lipinski definition) is 2. The van der Waals surface area contributed by atoms with Gasteiger partial charge in [-0.3, -0.25) is 0 Å². The average molecular weight is 314 g/mol. The summed E-state index contributed by atoms with van der Waals surface area (Å²) in [6.45, 7) is 1.37. The van der Waals surface area contributed by atoms with Gasteiger partial charge in [0.1, 0.15) is 0 Å². The van der Waals surface area contributed by atoms with E-state index in [-0.39, 0.29) is 0 Å². The molecule has 5 heteroatoms. The lowest BCUT2D eigenvalue weighted by Gasteiger charge is -1.97. The SMILES string of the molecule is C(=CCOCC=CCCCc1cnc[nH]1)CCCc1cnc[nH]1. The molecule has 2 rings (SSSR count). The number of H-pyrrole nitrogens is 2. The van der Waals surface area contributed by atoms with Crippen molar-refractivity contribution in [3.63, 3.8) is 0 Å². The lowest BCUT2D eigenvalue weighted by atomic mass is 10.2. The maximum Gasteiger partial charge on any atom is 0.0921 e. The Morgan fingerprint density at radius 1 is 0.783 bits per heavy atom. The number of nitrogens with zero attached hydrogens (tertiary/aromatic N) is 2. The minimum absolute atomic E-state index is 0.683. The highest BCUT2D eigenvalue weighted by molar-refractivity contribution is 4.95. The number of aromatic nitrogens is 4. The minimum Gasteiger partial charge on any atom is -0.373 e. The first-order chi connectivity index (χ1) is 11.4. The van der Waals surface area contributed by atoms with Crippen molar-refractivity contribution in [2.24, 2.45) is 0 Å². The van der Waals surface area contributed by atoms with E-state index in [2.05, 4.69) is 44.2 Å². The third-order valence-corrected chi connectivity index (χ3v) is 3.51. The number of aryl methyl sites for hydroxylation is 2. The van der Waals surface area contributed by atoms with Crippen LogP contribution in [0.3, 0.4) is 0 Å². The van der Waals surface area contributed by atoms with Gasteiger partial charge in [-0.15, -0.1) is 0 Å². The van der Waals surface area contributed by atoms with E-state index in [9.17, 15) is 0 Å². The number of aromatic amines is 2. The average Bonchev–Trinajstić information content (AvgIpc) is 3.25. The number of nitrogens with one attached hydrogen (secondary N) is 2.